The van der Waals surface area contributed by atoms with Crippen molar-refractivity contribution in [1.29, 1.82) is 0 Å². The van der Waals surface area contributed by atoms with Crippen molar-refractivity contribution in [3.63, 3.8) is 0 Å². The SMILES string of the molecule is COc1ccccc1C(=O)N[C@H](C(=O)N1CCN(c2ccccc2OC)CC1)C(C)C. The molecule has 2 amide bonds. The number of methoxy groups -OCH3 is 2. The Morgan fingerprint density at radius 2 is 1.45 bits per heavy atom. The molecule has 2 aromatic carbocycles. The quantitative estimate of drug-likeness (QED) is 0.739. The predicted octanol–water partition coefficient (Wildman–Crippen LogP) is 2.81. The fourth-order valence-electron chi connectivity index (χ4n) is 3.82. The molecule has 0 radical (unpaired) electrons. The van der Waals surface area contributed by atoms with Crippen molar-refractivity contribution in [3.8, 4) is 11.5 Å². The van der Waals surface area contributed by atoms with Gasteiger partial charge in [-0.05, 0) is 30.2 Å². The molecule has 3 rings (SSSR count). The summed E-state index contributed by atoms with van der Waals surface area (Å²) in [7, 11) is 3.19. The zero-order valence-corrected chi connectivity index (χ0v) is 18.6. The Morgan fingerprint density at radius 1 is 0.871 bits per heavy atom. The van der Waals surface area contributed by atoms with Crippen LogP contribution in [-0.2, 0) is 4.79 Å². The van der Waals surface area contributed by atoms with E-state index >= 15 is 0 Å². The molecule has 0 unspecified atom stereocenters. The third-order valence-corrected chi connectivity index (χ3v) is 5.59. The second kappa shape index (κ2) is 10.2. The minimum absolute atomic E-state index is 0.0431. The van der Waals surface area contributed by atoms with Crippen molar-refractivity contribution in [2.24, 2.45) is 5.92 Å². The van der Waals surface area contributed by atoms with Gasteiger partial charge in [0, 0.05) is 26.2 Å². The largest absolute Gasteiger partial charge is 0.496 e. The average Bonchev–Trinajstić information content (AvgIpc) is 2.81. The molecule has 0 spiro atoms. The third kappa shape index (κ3) is 5.10. The number of carbonyl (C=O) groups is 2. The Hall–Kier alpha value is -3.22. The van der Waals surface area contributed by atoms with Crippen molar-refractivity contribution in [2.75, 3.05) is 45.3 Å². The van der Waals surface area contributed by atoms with Crippen LogP contribution in [0, 0.1) is 5.92 Å². The molecule has 1 aliphatic rings. The number of rotatable bonds is 7. The minimum Gasteiger partial charge on any atom is -0.496 e. The van der Waals surface area contributed by atoms with Crippen LogP contribution in [0.3, 0.4) is 0 Å². The van der Waals surface area contributed by atoms with E-state index in [0.717, 1.165) is 11.4 Å². The number of amides is 2. The molecular formula is C24H31N3O4. The van der Waals surface area contributed by atoms with Gasteiger partial charge in [0.05, 0.1) is 25.5 Å². The summed E-state index contributed by atoms with van der Waals surface area (Å²) in [4.78, 5) is 30.2. The number of anilines is 1. The minimum atomic E-state index is -0.602. The predicted molar refractivity (Wildman–Crippen MR) is 121 cm³/mol. The molecule has 7 heteroatoms. The van der Waals surface area contributed by atoms with E-state index < -0.39 is 6.04 Å². The van der Waals surface area contributed by atoms with Crippen molar-refractivity contribution in [1.82, 2.24) is 10.2 Å². The average molecular weight is 426 g/mol. The number of nitrogens with one attached hydrogen (secondary N) is 1. The number of para-hydroxylation sites is 3. The lowest BCUT2D eigenvalue weighted by Gasteiger charge is -2.38. The van der Waals surface area contributed by atoms with Crippen LogP contribution in [0.4, 0.5) is 5.69 Å². The summed E-state index contributed by atoms with van der Waals surface area (Å²) in [6.07, 6.45) is 0. The standard InChI is InChI=1S/C24H31N3O4/c1-17(2)22(25-23(28)18-9-5-7-11-20(18)30-3)24(29)27-15-13-26(14-16-27)19-10-6-8-12-21(19)31-4/h5-12,17,22H,13-16H2,1-4H3,(H,25,28)/t22-/m0/s1. The van der Waals surface area contributed by atoms with E-state index in [0.29, 0.717) is 37.5 Å². The van der Waals surface area contributed by atoms with Crippen LogP contribution in [0.15, 0.2) is 48.5 Å². The van der Waals surface area contributed by atoms with Crippen LogP contribution < -0.4 is 19.7 Å². The first kappa shape index (κ1) is 22.5. The number of ether oxygens (including phenoxy) is 2. The third-order valence-electron chi connectivity index (χ3n) is 5.59. The van der Waals surface area contributed by atoms with E-state index in [4.69, 9.17) is 9.47 Å². The number of benzene rings is 2. The van der Waals surface area contributed by atoms with Gasteiger partial charge in [-0.15, -0.1) is 0 Å². The van der Waals surface area contributed by atoms with E-state index in [-0.39, 0.29) is 17.7 Å². The second-order valence-electron chi connectivity index (χ2n) is 7.88. The summed E-state index contributed by atoms with van der Waals surface area (Å²) in [6.45, 7) is 6.47. The van der Waals surface area contributed by atoms with E-state index in [1.165, 1.54) is 7.11 Å². The Labute approximate surface area is 183 Å². The Morgan fingerprint density at radius 3 is 2.06 bits per heavy atom. The zero-order chi connectivity index (χ0) is 22.4. The Kier molecular flexibility index (Phi) is 7.39. The lowest BCUT2D eigenvalue weighted by Crippen LogP contribution is -2.56. The maximum atomic E-state index is 13.3. The lowest BCUT2D eigenvalue weighted by atomic mass is 10.0. The van der Waals surface area contributed by atoms with E-state index in [1.54, 1.807) is 25.3 Å². The van der Waals surface area contributed by atoms with Crippen molar-refractivity contribution >= 4 is 17.5 Å². The number of hydrogen-bond donors (Lipinski definition) is 1. The molecule has 1 heterocycles. The van der Waals surface area contributed by atoms with Crippen molar-refractivity contribution in [3.05, 3.63) is 54.1 Å². The van der Waals surface area contributed by atoms with Crippen LogP contribution in [0.5, 0.6) is 11.5 Å². The van der Waals surface area contributed by atoms with Crippen LogP contribution >= 0.6 is 0 Å². The smallest absolute Gasteiger partial charge is 0.255 e. The summed E-state index contributed by atoms with van der Waals surface area (Å²) in [5.74, 6) is 0.903. The number of carbonyl (C=O) groups excluding carboxylic acids is 2. The Balaban J connectivity index is 1.67. The molecule has 0 saturated carbocycles. The van der Waals surface area contributed by atoms with Gasteiger partial charge in [0.1, 0.15) is 17.5 Å². The van der Waals surface area contributed by atoms with Crippen LogP contribution in [0.1, 0.15) is 24.2 Å². The molecule has 1 aliphatic heterocycles. The summed E-state index contributed by atoms with van der Waals surface area (Å²) in [5, 5.41) is 2.92. The highest BCUT2D eigenvalue weighted by Crippen LogP contribution is 2.28. The molecule has 1 N–H and O–H groups in total. The first-order valence-corrected chi connectivity index (χ1v) is 10.6. The van der Waals surface area contributed by atoms with Gasteiger partial charge in [-0.1, -0.05) is 38.1 Å². The highest BCUT2D eigenvalue weighted by Gasteiger charge is 2.31. The number of nitrogens with zero attached hydrogens (tertiary/aromatic N) is 2. The molecule has 7 nitrogen and oxygen atoms in total. The topological polar surface area (TPSA) is 71.1 Å². The van der Waals surface area contributed by atoms with Crippen molar-refractivity contribution < 1.29 is 19.1 Å². The van der Waals surface area contributed by atoms with Crippen LogP contribution in [0.2, 0.25) is 0 Å². The highest BCUT2D eigenvalue weighted by atomic mass is 16.5. The molecule has 0 bridgehead atoms. The molecule has 166 valence electrons. The van der Waals surface area contributed by atoms with Gasteiger partial charge in [0.15, 0.2) is 0 Å². The van der Waals surface area contributed by atoms with Gasteiger partial charge < -0.3 is 24.6 Å². The van der Waals surface area contributed by atoms with Gasteiger partial charge in [-0.25, -0.2) is 0 Å². The first-order valence-electron chi connectivity index (χ1n) is 10.6. The summed E-state index contributed by atoms with van der Waals surface area (Å²) >= 11 is 0. The lowest BCUT2D eigenvalue weighted by molar-refractivity contribution is -0.134. The molecule has 1 atom stereocenters. The van der Waals surface area contributed by atoms with Gasteiger partial charge >= 0.3 is 0 Å². The number of hydrogen-bond acceptors (Lipinski definition) is 5. The van der Waals surface area contributed by atoms with Crippen molar-refractivity contribution in [2.45, 2.75) is 19.9 Å². The monoisotopic (exact) mass is 425 g/mol. The summed E-state index contributed by atoms with van der Waals surface area (Å²) in [5.41, 5.74) is 1.45. The molecular weight excluding hydrogens is 394 g/mol. The number of piperazine rings is 1. The second-order valence-corrected chi connectivity index (χ2v) is 7.88. The first-order chi connectivity index (χ1) is 15.0. The Bertz CT molecular complexity index is 907. The zero-order valence-electron chi connectivity index (χ0n) is 18.6. The molecule has 1 saturated heterocycles. The van der Waals surface area contributed by atoms with Gasteiger partial charge in [0.25, 0.3) is 5.91 Å². The van der Waals surface area contributed by atoms with E-state index in [1.807, 2.05) is 49.1 Å². The van der Waals surface area contributed by atoms with Gasteiger partial charge in [0.2, 0.25) is 5.91 Å². The van der Waals surface area contributed by atoms with Gasteiger partial charge in [-0.2, -0.15) is 0 Å². The molecule has 0 aliphatic carbocycles. The molecule has 31 heavy (non-hydrogen) atoms. The fourth-order valence-corrected chi connectivity index (χ4v) is 3.82. The summed E-state index contributed by atoms with van der Waals surface area (Å²) < 4.78 is 10.8. The van der Waals surface area contributed by atoms with E-state index in [2.05, 4.69) is 10.2 Å². The maximum absolute atomic E-state index is 13.3. The molecule has 0 aromatic heterocycles. The maximum Gasteiger partial charge on any atom is 0.255 e. The van der Waals surface area contributed by atoms with Gasteiger partial charge in [-0.3, -0.25) is 9.59 Å². The fraction of sp³-hybridized carbons (Fsp3) is 0.417. The van der Waals surface area contributed by atoms with Crippen LogP contribution in [-0.4, -0.2) is 63.2 Å². The highest BCUT2D eigenvalue weighted by molar-refractivity contribution is 5.99. The molecule has 2 aromatic rings. The van der Waals surface area contributed by atoms with Crippen LogP contribution in [0.25, 0.3) is 0 Å². The molecule has 1 fully saturated rings. The summed E-state index contributed by atoms with van der Waals surface area (Å²) in [6, 6.07) is 14.3. The van der Waals surface area contributed by atoms with E-state index in [9.17, 15) is 9.59 Å². The normalized spacial score (nSPS) is 14.9.